The molecule has 82 valence electrons. The molecule has 1 atom stereocenters. The third-order valence-electron chi connectivity index (χ3n) is 3.48. The standard InChI is InChI=1S/C11H22N2O/c1-2-4-6-10(5-3-1)11-7-12-8-14-9-13-11/h10-13H,1-9H2. The second-order valence-electron chi connectivity index (χ2n) is 4.51. The Labute approximate surface area is 86.6 Å². The molecule has 2 N–H and O–H groups in total. The maximum atomic E-state index is 5.32. The third kappa shape index (κ3) is 2.94. The predicted octanol–water partition coefficient (Wildman–Crippen LogP) is 1.45. The van der Waals surface area contributed by atoms with Crippen molar-refractivity contribution in [2.75, 3.05) is 20.0 Å². The summed E-state index contributed by atoms with van der Waals surface area (Å²) in [5, 5.41) is 6.82. The Kier molecular flexibility index (Phi) is 4.22. The molecule has 1 aliphatic carbocycles. The van der Waals surface area contributed by atoms with Crippen LogP contribution in [0.15, 0.2) is 0 Å². The zero-order valence-corrected chi connectivity index (χ0v) is 8.93. The summed E-state index contributed by atoms with van der Waals surface area (Å²) in [5.41, 5.74) is 0. The Bertz CT molecular complexity index is 129. The van der Waals surface area contributed by atoms with Crippen molar-refractivity contribution in [3.63, 3.8) is 0 Å². The molecule has 0 bridgehead atoms. The fraction of sp³-hybridized carbons (Fsp3) is 1.00. The van der Waals surface area contributed by atoms with Gasteiger partial charge in [0.15, 0.2) is 0 Å². The van der Waals surface area contributed by atoms with Gasteiger partial charge in [-0.25, -0.2) is 0 Å². The van der Waals surface area contributed by atoms with E-state index in [1.165, 1.54) is 38.5 Å². The number of hydrogen-bond donors (Lipinski definition) is 2. The fourth-order valence-corrected chi connectivity index (χ4v) is 2.62. The summed E-state index contributed by atoms with van der Waals surface area (Å²) in [5.74, 6) is 0.867. The van der Waals surface area contributed by atoms with E-state index < -0.39 is 0 Å². The largest absolute Gasteiger partial charge is 0.351 e. The minimum absolute atomic E-state index is 0.635. The lowest BCUT2D eigenvalue weighted by atomic mass is 9.92. The molecule has 0 aromatic carbocycles. The molecule has 1 saturated carbocycles. The molecule has 0 aromatic heterocycles. The van der Waals surface area contributed by atoms with Gasteiger partial charge in [-0.1, -0.05) is 25.7 Å². The van der Waals surface area contributed by atoms with Crippen LogP contribution >= 0.6 is 0 Å². The van der Waals surface area contributed by atoms with Crippen LogP contribution in [0.2, 0.25) is 0 Å². The number of hydrogen-bond acceptors (Lipinski definition) is 3. The van der Waals surface area contributed by atoms with Crippen LogP contribution in [0.25, 0.3) is 0 Å². The highest BCUT2D eigenvalue weighted by atomic mass is 16.5. The molecule has 1 heterocycles. The quantitative estimate of drug-likeness (QED) is 0.626. The summed E-state index contributed by atoms with van der Waals surface area (Å²) in [6.45, 7) is 2.50. The van der Waals surface area contributed by atoms with Crippen LogP contribution in [0.3, 0.4) is 0 Å². The van der Waals surface area contributed by atoms with Gasteiger partial charge >= 0.3 is 0 Å². The molecule has 2 aliphatic rings. The molecule has 3 heteroatoms. The van der Waals surface area contributed by atoms with Crippen LogP contribution < -0.4 is 10.6 Å². The zero-order chi connectivity index (χ0) is 9.64. The lowest BCUT2D eigenvalue weighted by Gasteiger charge is -2.25. The molecule has 0 radical (unpaired) electrons. The SMILES string of the molecule is C1CCCC(C2CNCOCN2)CC1. The number of nitrogens with one attached hydrogen (secondary N) is 2. The first-order valence-corrected chi connectivity index (χ1v) is 5.98. The van der Waals surface area contributed by atoms with Crippen molar-refractivity contribution >= 4 is 0 Å². The predicted molar refractivity (Wildman–Crippen MR) is 56.9 cm³/mol. The first-order chi connectivity index (χ1) is 6.97. The minimum Gasteiger partial charge on any atom is -0.351 e. The lowest BCUT2D eigenvalue weighted by Crippen LogP contribution is -2.41. The van der Waals surface area contributed by atoms with Gasteiger partial charge in [-0.15, -0.1) is 0 Å². The Morgan fingerprint density at radius 3 is 2.50 bits per heavy atom. The first-order valence-electron chi connectivity index (χ1n) is 5.98. The fourth-order valence-electron chi connectivity index (χ4n) is 2.62. The first kappa shape index (κ1) is 10.4. The highest BCUT2D eigenvalue weighted by Crippen LogP contribution is 2.25. The topological polar surface area (TPSA) is 33.3 Å². The van der Waals surface area contributed by atoms with Gasteiger partial charge in [0.25, 0.3) is 0 Å². The summed E-state index contributed by atoms with van der Waals surface area (Å²) in [4.78, 5) is 0. The molecule has 2 fully saturated rings. The Hall–Kier alpha value is -0.120. The van der Waals surface area contributed by atoms with Crippen LogP contribution in [0.5, 0.6) is 0 Å². The van der Waals surface area contributed by atoms with E-state index in [1.54, 1.807) is 0 Å². The normalized spacial score (nSPS) is 32.1. The number of ether oxygens (including phenoxy) is 1. The van der Waals surface area contributed by atoms with Gasteiger partial charge in [0.1, 0.15) is 0 Å². The van der Waals surface area contributed by atoms with E-state index in [1.807, 2.05) is 0 Å². The third-order valence-corrected chi connectivity index (χ3v) is 3.48. The maximum absolute atomic E-state index is 5.32. The molecule has 1 unspecified atom stereocenters. The van der Waals surface area contributed by atoms with E-state index in [0.717, 1.165) is 12.5 Å². The molecule has 0 spiro atoms. The summed E-state index contributed by atoms with van der Waals surface area (Å²) in [6, 6.07) is 0.635. The van der Waals surface area contributed by atoms with E-state index in [4.69, 9.17) is 4.74 Å². The van der Waals surface area contributed by atoms with Crippen molar-refractivity contribution in [2.24, 2.45) is 5.92 Å². The molecule has 1 saturated heterocycles. The second kappa shape index (κ2) is 5.69. The van der Waals surface area contributed by atoms with Crippen molar-refractivity contribution in [1.82, 2.24) is 10.6 Å². The van der Waals surface area contributed by atoms with Gasteiger partial charge in [-0.2, -0.15) is 0 Å². The van der Waals surface area contributed by atoms with Gasteiger partial charge in [0.2, 0.25) is 0 Å². The summed E-state index contributed by atoms with van der Waals surface area (Å²) >= 11 is 0. The molecule has 0 aromatic rings. The van der Waals surface area contributed by atoms with Crippen molar-refractivity contribution < 1.29 is 4.74 Å². The van der Waals surface area contributed by atoms with Crippen LogP contribution in [-0.4, -0.2) is 26.0 Å². The van der Waals surface area contributed by atoms with Gasteiger partial charge in [0.05, 0.1) is 13.5 Å². The molecular formula is C11H22N2O. The second-order valence-corrected chi connectivity index (χ2v) is 4.51. The number of rotatable bonds is 1. The van der Waals surface area contributed by atoms with Crippen molar-refractivity contribution in [3.05, 3.63) is 0 Å². The van der Waals surface area contributed by atoms with E-state index in [-0.39, 0.29) is 0 Å². The van der Waals surface area contributed by atoms with Crippen molar-refractivity contribution in [2.45, 2.75) is 44.6 Å². The highest BCUT2D eigenvalue weighted by Gasteiger charge is 2.22. The molecule has 1 aliphatic heterocycles. The summed E-state index contributed by atoms with van der Waals surface area (Å²) in [7, 11) is 0. The minimum atomic E-state index is 0.635. The van der Waals surface area contributed by atoms with Gasteiger partial charge < -0.3 is 4.74 Å². The van der Waals surface area contributed by atoms with Gasteiger partial charge in [0, 0.05) is 12.6 Å². The average Bonchev–Trinajstić information content (AvgIpc) is 2.62. The van der Waals surface area contributed by atoms with E-state index in [9.17, 15) is 0 Å². The summed E-state index contributed by atoms with van der Waals surface area (Å²) < 4.78 is 5.32. The van der Waals surface area contributed by atoms with Crippen LogP contribution in [0.4, 0.5) is 0 Å². The Morgan fingerprint density at radius 1 is 0.929 bits per heavy atom. The average molecular weight is 198 g/mol. The Balaban J connectivity index is 1.83. The molecule has 0 amide bonds. The van der Waals surface area contributed by atoms with E-state index in [2.05, 4.69) is 10.6 Å². The van der Waals surface area contributed by atoms with Gasteiger partial charge in [-0.3, -0.25) is 10.6 Å². The van der Waals surface area contributed by atoms with Crippen LogP contribution in [0.1, 0.15) is 38.5 Å². The van der Waals surface area contributed by atoms with Crippen molar-refractivity contribution in [3.8, 4) is 0 Å². The monoisotopic (exact) mass is 198 g/mol. The maximum Gasteiger partial charge on any atom is 0.0985 e. The van der Waals surface area contributed by atoms with E-state index >= 15 is 0 Å². The zero-order valence-electron chi connectivity index (χ0n) is 8.93. The highest BCUT2D eigenvalue weighted by molar-refractivity contribution is 4.80. The van der Waals surface area contributed by atoms with Crippen molar-refractivity contribution in [1.29, 1.82) is 0 Å². The van der Waals surface area contributed by atoms with E-state index in [0.29, 0.717) is 19.5 Å². The summed E-state index contributed by atoms with van der Waals surface area (Å²) in [6.07, 6.45) is 8.52. The van der Waals surface area contributed by atoms with Crippen LogP contribution in [-0.2, 0) is 4.74 Å². The Morgan fingerprint density at radius 2 is 1.71 bits per heavy atom. The molecular weight excluding hydrogens is 176 g/mol. The molecule has 14 heavy (non-hydrogen) atoms. The smallest absolute Gasteiger partial charge is 0.0985 e. The molecule has 2 rings (SSSR count). The molecule has 3 nitrogen and oxygen atoms in total. The van der Waals surface area contributed by atoms with Gasteiger partial charge in [-0.05, 0) is 18.8 Å². The van der Waals surface area contributed by atoms with Crippen LogP contribution in [0, 0.1) is 5.92 Å². The lowest BCUT2D eigenvalue weighted by molar-refractivity contribution is 0.114.